The number of hydrogen-bond acceptors (Lipinski definition) is 5. The normalized spacial score (nSPS) is 17.9. The zero-order valence-corrected chi connectivity index (χ0v) is 14.3. The fraction of sp³-hybridized carbons (Fsp3) is 0.529. The molecule has 0 aromatic carbocycles. The average molecular weight is 328 g/mol. The zero-order chi connectivity index (χ0) is 17.1. The van der Waals surface area contributed by atoms with Crippen LogP contribution < -0.4 is 5.73 Å². The largest absolute Gasteiger partial charge is 0.368 e. The minimum atomic E-state index is 0.143. The van der Waals surface area contributed by atoms with E-state index in [1.165, 1.54) is 0 Å². The van der Waals surface area contributed by atoms with Gasteiger partial charge < -0.3 is 15.2 Å². The summed E-state index contributed by atoms with van der Waals surface area (Å²) in [6, 6.07) is 0. The van der Waals surface area contributed by atoms with Gasteiger partial charge in [0.25, 0.3) is 0 Å². The molecule has 0 saturated carbocycles. The lowest BCUT2D eigenvalue weighted by Crippen LogP contribution is -2.42. The molecule has 3 heterocycles. The number of carbonyl (C=O) groups excluding carboxylic acids is 1. The number of aromatic nitrogens is 4. The standard InChI is InChI=1S/C17H24N6O/c1-12-15(13(2)21-17(18)20-12)8-16(24)23-6-3-4-14(10-23)9-22-7-5-19-11-22/h5,7,11,14H,3-4,6,8-10H2,1-2H3,(H2,18,20,21)/t14-/m0/s1. The summed E-state index contributed by atoms with van der Waals surface area (Å²) in [6.45, 7) is 6.29. The van der Waals surface area contributed by atoms with Gasteiger partial charge in [0.2, 0.25) is 11.9 Å². The molecule has 0 unspecified atom stereocenters. The highest BCUT2D eigenvalue weighted by Crippen LogP contribution is 2.20. The van der Waals surface area contributed by atoms with Gasteiger partial charge in [-0.05, 0) is 32.6 Å². The summed E-state index contributed by atoms with van der Waals surface area (Å²) in [4.78, 5) is 27.1. The maximum absolute atomic E-state index is 12.7. The van der Waals surface area contributed by atoms with Crippen molar-refractivity contribution in [3.63, 3.8) is 0 Å². The van der Waals surface area contributed by atoms with E-state index in [1.54, 1.807) is 6.20 Å². The number of piperidine rings is 1. The van der Waals surface area contributed by atoms with Gasteiger partial charge in [-0.25, -0.2) is 15.0 Å². The zero-order valence-electron chi connectivity index (χ0n) is 14.3. The maximum atomic E-state index is 12.7. The quantitative estimate of drug-likeness (QED) is 0.915. The van der Waals surface area contributed by atoms with Gasteiger partial charge in [0.1, 0.15) is 0 Å². The molecule has 7 nitrogen and oxygen atoms in total. The molecular weight excluding hydrogens is 304 g/mol. The number of rotatable bonds is 4. The summed E-state index contributed by atoms with van der Waals surface area (Å²) in [5, 5.41) is 0. The molecule has 1 aliphatic rings. The van der Waals surface area contributed by atoms with Crippen LogP contribution in [0.25, 0.3) is 0 Å². The van der Waals surface area contributed by atoms with Gasteiger partial charge in [0, 0.05) is 49.0 Å². The number of carbonyl (C=O) groups is 1. The number of nitrogen functional groups attached to an aromatic ring is 1. The molecule has 1 saturated heterocycles. The number of likely N-dealkylation sites (tertiary alicyclic amines) is 1. The molecule has 1 aliphatic heterocycles. The Kier molecular flexibility index (Phi) is 4.78. The van der Waals surface area contributed by atoms with Crippen LogP contribution in [0.15, 0.2) is 18.7 Å². The molecule has 0 bridgehead atoms. The first-order chi connectivity index (χ1) is 11.5. The Morgan fingerprint density at radius 2 is 2.08 bits per heavy atom. The van der Waals surface area contributed by atoms with Crippen molar-refractivity contribution < 1.29 is 4.79 Å². The molecule has 2 aromatic heterocycles. The topological polar surface area (TPSA) is 89.9 Å². The molecule has 1 fully saturated rings. The van der Waals surface area contributed by atoms with E-state index in [1.807, 2.05) is 31.3 Å². The monoisotopic (exact) mass is 328 g/mol. The van der Waals surface area contributed by atoms with Crippen molar-refractivity contribution in [2.24, 2.45) is 5.92 Å². The highest BCUT2D eigenvalue weighted by molar-refractivity contribution is 5.79. The van der Waals surface area contributed by atoms with E-state index >= 15 is 0 Å². The maximum Gasteiger partial charge on any atom is 0.227 e. The molecule has 24 heavy (non-hydrogen) atoms. The molecule has 2 N–H and O–H groups in total. The van der Waals surface area contributed by atoms with Crippen molar-refractivity contribution in [1.82, 2.24) is 24.4 Å². The van der Waals surface area contributed by atoms with E-state index in [0.717, 1.165) is 49.4 Å². The number of aryl methyl sites for hydroxylation is 2. The second-order valence-electron chi connectivity index (χ2n) is 6.52. The minimum absolute atomic E-state index is 0.143. The van der Waals surface area contributed by atoms with Crippen molar-refractivity contribution in [3.05, 3.63) is 35.7 Å². The Hall–Kier alpha value is -2.44. The van der Waals surface area contributed by atoms with Crippen LogP contribution in [0.3, 0.4) is 0 Å². The fourth-order valence-electron chi connectivity index (χ4n) is 3.42. The van der Waals surface area contributed by atoms with Gasteiger partial charge in [-0.1, -0.05) is 0 Å². The van der Waals surface area contributed by atoms with Crippen LogP contribution in [0.4, 0.5) is 5.95 Å². The molecule has 1 atom stereocenters. The van der Waals surface area contributed by atoms with E-state index in [-0.39, 0.29) is 11.9 Å². The molecular formula is C17H24N6O. The number of nitrogens with two attached hydrogens (primary N) is 1. The van der Waals surface area contributed by atoms with Crippen molar-refractivity contribution in [3.8, 4) is 0 Å². The van der Waals surface area contributed by atoms with E-state index < -0.39 is 0 Å². The number of anilines is 1. The Morgan fingerprint density at radius 1 is 1.33 bits per heavy atom. The van der Waals surface area contributed by atoms with Crippen LogP contribution in [0.1, 0.15) is 29.8 Å². The van der Waals surface area contributed by atoms with Gasteiger partial charge in [0.05, 0.1) is 12.7 Å². The van der Waals surface area contributed by atoms with E-state index in [9.17, 15) is 4.79 Å². The second kappa shape index (κ2) is 6.98. The predicted molar refractivity (Wildman–Crippen MR) is 91.2 cm³/mol. The van der Waals surface area contributed by atoms with Gasteiger partial charge in [-0.15, -0.1) is 0 Å². The molecule has 3 rings (SSSR count). The van der Waals surface area contributed by atoms with Crippen LogP contribution >= 0.6 is 0 Å². The Labute approximate surface area is 141 Å². The van der Waals surface area contributed by atoms with Crippen LogP contribution in [-0.2, 0) is 17.8 Å². The summed E-state index contributed by atoms with van der Waals surface area (Å²) < 4.78 is 2.08. The molecule has 2 aromatic rings. The van der Waals surface area contributed by atoms with Crippen LogP contribution in [0, 0.1) is 19.8 Å². The lowest BCUT2D eigenvalue weighted by atomic mass is 9.97. The molecule has 7 heteroatoms. The predicted octanol–water partition coefficient (Wildman–Crippen LogP) is 1.35. The van der Waals surface area contributed by atoms with Gasteiger partial charge >= 0.3 is 0 Å². The summed E-state index contributed by atoms with van der Waals surface area (Å²) in [6.07, 6.45) is 8.12. The Balaban J connectivity index is 1.64. The van der Waals surface area contributed by atoms with Crippen LogP contribution in [0.5, 0.6) is 0 Å². The van der Waals surface area contributed by atoms with E-state index in [2.05, 4.69) is 19.5 Å². The van der Waals surface area contributed by atoms with Gasteiger partial charge in [-0.2, -0.15) is 0 Å². The Morgan fingerprint density at radius 3 is 2.75 bits per heavy atom. The Bertz CT molecular complexity index is 689. The van der Waals surface area contributed by atoms with E-state index in [0.29, 0.717) is 12.3 Å². The minimum Gasteiger partial charge on any atom is -0.368 e. The molecule has 128 valence electrons. The third-order valence-electron chi connectivity index (χ3n) is 4.67. The van der Waals surface area contributed by atoms with E-state index in [4.69, 9.17) is 5.73 Å². The molecule has 0 radical (unpaired) electrons. The van der Waals surface area contributed by atoms with Crippen LogP contribution in [0.2, 0.25) is 0 Å². The highest BCUT2D eigenvalue weighted by atomic mass is 16.2. The molecule has 0 aliphatic carbocycles. The smallest absolute Gasteiger partial charge is 0.227 e. The lowest BCUT2D eigenvalue weighted by Gasteiger charge is -2.33. The fourth-order valence-corrected chi connectivity index (χ4v) is 3.42. The third kappa shape index (κ3) is 3.72. The summed E-state index contributed by atoms with van der Waals surface area (Å²) in [5.74, 6) is 0.881. The van der Waals surface area contributed by atoms with Crippen LogP contribution in [-0.4, -0.2) is 43.4 Å². The lowest BCUT2D eigenvalue weighted by molar-refractivity contribution is -0.132. The highest BCUT2D eigenvalue weighted by Gasteiger charge is 2.25. The number of amides is 1. The molecule has 1 amide bonds. The molecule has 0 spiro atoms. The number of hydrogen-bond donors (Lipinski definition) is 1. The average Bonchev–Trinajstić information content (AvgIpc) is 3.04. The van der Waals surface area contributed by atoms with Gasteiger partial charge in [-0.3, -0.25) is 4.79 Å². The number of nitrogens with zero attached hydrogens (tertiary/aromatic N) is 5. The van der Waals surface area contributed by atoms with Crippen molar-refractivity contribution in [2.45, 2.75) is 39.7 Å². The van der Waals surface area contributed by atoms with Crippen molar-refractivity contribution in [1.29, 1.82) is 0 Å². The first kappa shape index (κ1) is 16.4. The first-order valence-electron chi connectivity index (χ1n) is 8.36. The van der Waals surface area contributed by atoms with Crippen molar-refractivity contribution >= 4 is 11.9 Å². The number of imidazole rings is 1. The SMILES string of the molecule is Cc1nc(N)nc(C)c1CC(=O)N1CCC[C@@H](Cn2ccnc2)C1. The first-order valence-corrected chi connectivity index (χ1v) is 8.36. The van der Waals surface area contributed by atoms with Crippen molar-refractivity contribution in [2.75, 3.05) is 18.8 Å². The third-order valence-corrected chi connectivity index (χ3v) is 4.67. The summed E-state index contributed by atoms with van der Waals surface area (Å²) in [7, 11) is 0. The summed E-state index contributed by atoms with van der Waals surface area (Å²) in [5.41, 5.74) is 8.14. The van der Waals surface area contributed by atoms with Gasteiger partial charge in [0.15, 0.2) is 0 Å². The summed E-state index contributed by atoms with van der Waals surface area (Å²) >= 11 is 0. The second-order valence-corrected chi connectivity index (χ2v) is 6.52.